The molecule has 0 fully saturated rings. The molecule has 0 atom stereocenters. The highest BCUT2D eigenvalue weighted by atomic mass is 32.2. The first-order valence-corrected chi connectivity index (χ1v) is 5.58. The molecular weight excluding hydrogens is 229 g/mol. The largest absolute Gasteiger partial charge is 0.494 e. The lowest BCUT2D eigenvalue weighted by atomic mass is 10.2. The van der Waals surface area contributed by atoms with E-state index in [-0.39, 0.29) is 11.6 Å². The number of hydrogen-bond donors (Lipinski definition) is 1. The lowest BCUT2D eigenvalue weighted by molar-refractivity contribution is 0.386. The highest BCUT2D eigenvalue weighted by Gasteiger charge is 2.04. The van der Waals surface area contributed by atoms with E-state index in [0.717, 1.165) is 10.7 Å². The van der Waals surface area contributed by atoms with Gasteiger partial charge in [0.25, 0.3) is 0 Å². The molecule has 0 unspecified atom stereocenters. The third-order valence-corrected chi connectivity index (χ3v) is 2.93. The van der Waals surface area contributed by atoms with Gasteiger partial charge in [0, 0.05) is 5.75 Å². The predicted molar refractivity (Wildman–Crippen MR) is 58.9 cm³/mol. The number of aromatic amines is 1. The molecule has 0 aliphatic carbocycles. The van der Waals surface area contributed by atoms with E-state index in [4.69, 9.17) is 4.74 Å². The Morgan fingerprint density at radius 1 is 1.50 bits per heavy atom. The maximum absolute atomic E-state index is 13.3. The number of hydrogen-bond acceptors (Lipinski definition) is 4. The zero-order valence-electron chi connectivity index (χ0n) is 8.61. The summed E-state index contributed by atoms with van der Waals surface area (Å²) in [6, 6.07) is 4.90. The fraction of sp³-hybridized carbons (Fsp3) is 0.200. The molecule has 0 spiro atoms. The molecule has 0 aliphatic rings. The van der Waals surface area contributed by atoms with Gasteiger partial charge in [-0.25, -0.2) is 9.37 Å². The lowest BCUT2D eigenvalue weighted by Crippen LogP contribution is -1.90. The second-order valence-corrected chi connectivity index (χ2v) is 4.01. The van der Waals surface area contributed by atoms with Gasteiger partial charge in [0.15, 0.2) is 16.7 Å². The first kappa shape index (κ1) is 10.9. The quantitative estimate of drug-likeness (QED) is 0.831. The highest BCUT2D eigenvalue weighted by Crippen LogP contribution is 2.22. The number of H-pyrrole nitrogens is 1. The van der Waals surface area contributed by atoms with Crippen molar-refractivity contribution in [1.82, 2.24) is 15.2 Å². The molecule has 1 N–H and O–H groups in total. The number of ether oxygens (including phenoxy) is 1. The van der Waals surface area contributed by atoms with Crippen LogP contribution in [0, 0.1) is 5.82 Å². The minimum absolute atomic E-state index is 0.258. The summed E-state index contributed by atoms with van der Waals surface area (Å²) in [5.41, 5.74) is 0.875. The number of rotatable bonds is 4. The number of halogens is 1. The van der Waals surface area contributed by atoms with Gasteiger partial charge in [0.05, 0.1) is 7.11 Å². The summed E-state index contributed by atoms with van der Waals surface area (Å²) in [4.78, 5) is 3.97. The van der Waals surface area contributed by atoms with Gasteiger partial charge in [-0.3, -0.25) is 5.10 Å². The molecule has 84 valence electrons. The van der Waals surface area contributed by atoms with E-state index in [1.54, 1.807) is 6.07 Å². The molecule has 1 aromatic carbocycles. The topological polar surface area (TPSA) is 50.8 Å². The fourth-order valence-corrected chi connectivity index (χ4v) is 1.94. The normalized spacial score (nSPS) is 10.4. The molecule has 0 saturated carbocycles. The Balaban J connectivity index is 2.02. The average Bonchev–Trinajstić information content (AvgIpc) is 2.79. The molecular formula is C10H10FN3OS. The summed E-state index contributed by atoms with van der Waals surface area (Å²) in [6.45, 7) is 0. The van der Waals surface area contributed by atoms with E-state index in [2.05, 4.69) is 15.2 Å². The van der Waals surface area contributed by atoms with Crippen molar-refractivity contribution in [1.29, 1.82) is 0 Å². The fourth-order valence-electron chi connectivity index (χ4n) is 1.22. The second kappa shape index (κ2) is 4.98. The van der Waals surface area contributed by atoms with Gasteiger partial charge in [-0.05, 0) is 17.7 Å². The summed E-state index contributed by atoms with van der Waals surface area (Å²) in [7, 11) is 1.45. The third-order valence-electron chi connectivity index (χ3n) is 1.98. The van der Waals surface area contributed by atoms with Crippen molar-refractivity contribution >= 4 is 11.8 Å². The summed E-state index contributed by atoms with van der Waals surface area (Å²) in [6.07, 6.45) is 1.44. The van der Waals surface area contributed by atoms with E-state index in [1.807, 2.05) is 6.07 Å². The Hall–Kier alpha value is -1.56. The predicted octanol–water partition coefficient (Wildman–Crippen LogP) is 2.24. The summed E-state index contributed by atoms with van der Waals surface area (Å²) < 4.78 is 18.2. The number of methoxy groups -OCH3 is 1. The molecule has 16 heavy (non-hydrogen) atoms. The van der Waals surface area contributed by atoms with Crippen LogP contribution >= 0.6 is 11.8 Å². The highest BCUT2D eigenvalue weighted by molar-refractivity contribution is 7.98. The first-order valence-electron chi connectivity index (χ1n) is 4.60. The van der Waals surface area contributed by atoms with Gasteiger partial charge < -0.3 is 4.74 Å². The van der Waals surface area contributed by atoms with Crippen LogP contribution in [0.4, 0.5) is 4.39 Å². The second-order valence-electron chi connectivity index (χ2n) is 3.05. The van der Waals surface area contributed by atoms with Crippen molar-refractivity contribution in [3.05, 3.63) is 35.9 Å². The molecule has 6 heteroatoms. The van der Waals surface area contributed by atoms with Crippen LogP contribution in [0.2, 0.25) is 0 Å². The van der Waals surface area contributed by atoms with Crippen LogP contribution in [0.15, 0.2) is 29.7 Å². The molecule has 2 aromatic rings. The number of aromatic nitrogens is 3. The molecule has 0 saturated heterocycles. The number of nitrogens with zero attached hydrogens (tertiary/aromatic N) is 2. The van der Waals surface area contributed by atoms with Gasteiger partial charge in [-0.15, -0.1) is 0 Å². The first-order chi connectivity index (χ1) is 7.79. The Kier molecular flexibility index (Phi) is 3.40. The van der Waals surface area contributed by atoms with Gasteiger partial charge in [0.1, 0.15) is 6.33 Å². The van der Waals surface area contributed by atoms with Gasteiger partial charge in [-0.2, -0.15) is 5.10 Å². The van der Waals surface area contributed by atoms with Crippen LogP contribution in [0.3, 0.4) is 0 Å². The molecule has 4 nitrogen and oxygen atoms in total. The van der Waals surface area contributed by atoms with Crippen molar-refractivity contribution in [2.45, 2.75) is 10.9 Å². The van der Waals surface area contributed by atoms with Gasteiger partial charge in [0.2, 0.25) is 0 Å². The van der Waals surface area contributed by atoms with Crippen molar-refractivity contribution in [2.75, 3.05) is 7.11 Å². The van der Waals surface area contributed by atoms with Gasteiger partial charge >= 0.3 is 0 Å². The smallest absolute Gasteiger partial charge is 0.183 e. The van der Waals surface area contributed by atoms with E-state index in [9.17, 15) is 4.39 Å². The lowest BCUT2D eigenvalue weighted by Gasteiger charge is -2.03. The minimum atomic E-state index is -0.349. The van der Waals surface area contributed by atoms with Crippen molar-refractivity contribution in [2.24, 2.45) is 0 Å². The molecule has 0 radical (unpaired) electrons. The van der Waals surface area contributed by atoms with Crippen LogP contribution in [0.25, 0.3) is 0 Å². The van der Waals surface area contributed by atoms with Crippen molar-refractivity contribution < 1.29 is 9.13 Å². The Morgan fingerprint density at radius 3 is 3.00 bits per heavy atom. The minimum Gasteiger partial charge on any atom is -0.494 e. The molecule has 0 amide bonds. The van der Waals surface area contributed by atoms with Crippen molar-refractivity contribution in [3.8, 4) is 5.75 Å². The molecule has 0 bridgehead atoms. The van der Waals surface area contributed by atoms with Crippen LogP contribution < -0.4 is 4.74 Å². The Morgan fingerprint density at radius 2 is 2.38 bits per heavy atom. The van der Waals surface area contributed by atoms with E-state index < -0.39 is 0 Å². The number of thioether (sulfide) groups is 1. The number of nitrogens with one attached hydrogen (secondary N) is 1. The van der Waals surface area contributed by atoms with Gasteiger partial charge in [-0.1, -0.05) is 17.8 Å². The summed E-state index contributed by atoms with van der Waals surface area (Å²) >= 11 is 1.47. The third kappa shape index (κ3) is 2.52. The monoisotopic (exact) mass is 239 g/mol. The summed E-state index contributed by atoms with van der Waals surface area (Å²) in [5, 5.41) is 7.18. The van der Waals surface area contributed by atoms with Crippen LogP contribution in [0.5, 0.6) is 5.75 Å². The zero-order chi connectivity index (χ0) is 11.4. The maximum atomic E-state index is 13.3. The molecule has 2 rings (SSSR count). The van der Waals surface area contributed by atoms with Crippen LogP contribution in [-0.4, -0.2) is 22.3 Å². The standard InChI is InChI=1S/C10H10FN3OS/c1-15-9-3-2-7(4-8(9)11)5-16-10-12-6-13-14-10/h2-4,6H,5H2,1H3,(H,12,13,14). The molecule has 1 aromatic heterocycles. The number of benzene rings is 1. The summed E-state index contributed by atoms with van der Waals surface area (Å²) in [5.74, 6) is 0.544. The van der Waals surface area contributed by atoms with E-state index in [1.165, 1.54) is 31.3 Å². The van der Waals surface area contributed by atoms with Crippen LogP contribution in [-0.2, 0) is 5.75 Å². The molecule has 1 heterocycles. The van der Waals surface area contributed by atoms with Crippen molar-refractivity contribution in [3.63, 3.8) is 0 Å². The zero-order valence-corrected chi connectivity index (χ0v) is 9.42. The maximum Gasteiger partial charge on any atom is 0.183 e. The SMILES string of the molecule is COc1ccc(CSc2ncn[nH]2)cc1F. The molecule has 0 aliphatic heterocycles. The Labute approximate surface area is 96.2 Å². The Bertz CT molecular complexity index is 461. The van der Waals surface area contributed by atoms with E-state index in [0.29, 0.717) is 5.75 Å². The average molecular weight is 239 g/mol. The van der Waals surface area contributed by atoms with E-state index >= 15 is 0 Å². The van der Waals surface area contributed by atoms with Crippen LogP contribution in [0.1, 0.15) is 5.56 Å².